The summed E-state index contributed by atoms with van der Waals surface area (Å²) < 4.78 is 28.6. The van der Waals surface area contributed by atoms with E-state index in [1.54, 1.807) is 26.2 Å². The molecule has 0 saturated heterocycles. The Balaban J connectivity index is 1.76. The lowest BCUT2D eigenvalue weighted by molar-refractivity contribution is -0.136. The summed E-state index contributed by atoms with van der Waals surface area (Å²) in [6.45, 7) is 7.09. The Morgan fingerprint density at radius 2 is 1.74 bits per heavy atom. The average molecular weight is 488 g/mol. The van der Waals surface area contributed by atoms with E-state index < -0.39 is 6.04 Å². The van der Waals surface area contributed by atoms with Crippen LogP contribution in [0.1, 0.15) is 58.1 Å². The normalized spacial score (nSPS) is 26.0. The molecule has 2 aliphatic heterocycles. The van der Waals surface area contributed by atoms with Gasteiger partial charge in [-0.15, -0.1) is 0 Å². The van der Waals surface area contributed by atoms with E-state index >= 15 is 0 Å². The fourth-order valence-corrected chi connectivity index (χ4v) is 5.51. The molecule has 0 aromatic heterocycles. The van der Waals surface area contributed by atoms with Gasteiger partial charge in [0.05, 0.1) is 45.0 Å². The molecule has 1 amide bonds. The summed E-state index contributed by atoms with van der Waals surface area (Å²) in [4.78, 5) is 29.2. The molecule has 1 saturated carbocycles. The van der Waals surface area contributed by atoms with Crippen LogP contribution in [0.3, 0.4) is 0 Å². The van der Waals surface area contributed by atoms with Gasteiger partial charge in [0.15, 0.2) is 23.0 Å². The first kappa shape index (κ1) is 25.4. The standard InChI is InChI=1S/C27H37NO7/c1-15(2)34-11-7-10-28-23(17-13-20(31-4)25(33-6)21(14-17)32-5)22-24(29)18-12-16(3)8-9-19(18)35-26(22)27(28)30/h13-16,18-19,23H,7-12H2,1-6H3. The summed E-state index contributed by atoms with van der Waals surface area (Å²) in [5.74, 6) is 1.62. The van der Waals surface area contributed by atoms with E-state index in [2.05, 4.69) is 6.92 Å². The van der Waals surface area contributed by atoms with E-state index in [9.17, 15) is 9.59 Å². The second kappa shape index (κ2) is 10.5. The molecule has 192 valence electrons. The van der Waals surface area contributed by atoms with Crippen molar-refractivity contribution >= 4 is 11.7 Å². The predicted molar refractivity (Wildman–Crippen MR) is 130 cm³/mol. The molecule has 2 heterocycles. The average Bonchev–Trinajstić information content (AvgIpc) is 3.12. The van der Waals surface area contributed by atoms with Crippen LogP contribution in [0.25, 0.3) is 0 Å². The second-order valence-electron chi connectivity index (χ2n) is 9.92. The van der Waals surface area contributed by atoms with Crippen LogP contribution in [-0.4, -0.2) is 63.3 Å². The monoisotopic (exact) mass is 487 g/mol. The van der Waals surface area contributed by atoms with Crippen LogP contribution in [0.2, 0.25) is 0 Å². The van der Waals surface area contributed by atoms with E-state index in [-0.39, 0.29) is 35.6 Å². The van der Waals surface area contributed by atoms with Gasteiger partial charge in [0.25, 0.3) is 5.91 Å². The molecule has 8 nitrogen and oxygen atoms in total. The Kier molecular flexibility index (Phi) is 7.59. The SMILES string of the molecule is COc1cc(C2C3=C(OC4CCC(C)CC4C3=O)C(=O)N2CCCOC(C)C)cc(OC)c1OC. The number of carbonyl (C=O) groups is 2. The van der Waals surface area contributed by atoms with Crippen LogP contribution in [0.4, 0.5) is 0 Å². The third-order valence-corrected chi connectivity index (χ3v) is 7.20. The Morgan fingerprint density at radius 1 is 1.06 bits per heavy atom. The molecule has 1 aromatic rings. The maximum absolute atomic E-state index is 13.9. The van der Waals surface area contributed by atoms with Gasteiger partial charge >= 0.3 is 0 Å². The molecule has 3 aliphatic rings. The van der Waals surface area contributed by atoms with Gasteiger partial charge in [0.2, 0.25) is 5.75 Å². The van der Waals surface area contributed by atoms with Crippen LogP contribution in [0.15, 0.2) is 23.5 Å². The highest BCUT2D eigenvalue weighted by Gasteiger charge is 2.52. The summed E-state index contributed by atoms with van der Waals surface area (Å²) in [5, 5.41) is 0. The van der Waals surface area contributed by atoms with Crippen molar-refractivity contribution in [3.05, 3.63) is 29.0 Å². The van der Waals surface area contributed by atoms with E-state index in [4.69, 9.17) is 23.7 Å². The highest BCUT2D eigenvalue weighted by molar-refractivity contribution is 6.11. The number of hydrogen-bond acceptors (Lipinski definition) is 7. The van der Waals surface area contributed by atoms with Crippen molar-refractivity contribution in [1.82, 2.24) is 4.90 Å². The van der Waals surface area contributed by atoms with Crippen LogP contribution in [0.5, 0.6) is 17.2 Å². The number of fused-ring (bicyclic) bond motifs is 1. The van der Waals surface area contributed by atoms with Crippen molar-refractivity contribution in [2.24, 2.45) is 11.8 Å². The van der Waals surface area contributed by atoms with E-state index in [0.717, 1.165) is 24.8 Å². The molecule has 0 radical (unpaired) electrons. The molecular formula is C27H37NO7. The Labute approximate surface area is 207 Å². The zero-order valence-electron chi connectivity index (χ0n) is 21.6. The quantitative estimate of drug-likeness (QED) is 0.486. The van der Waals surface area contributed by atoms with Crippen molar-refractivity contribution in [3.8, 4) is 17.2 Å². The first-order valence-corrected chi connectivity index (χ1v) is 12.5. The number of ether oxygens (including phenoxy) is 5. The molecule has 0 spiro atoms. The van der Waals surface area contributed by atoms with Crippen LogP contribution < -0.4 is 14.2 Å². The lowest BCUT2D eigenvalue weighted by atomic mass is 9.74. The molecule has 1 fully saturated rings. The molecule has 0 bridgehead atoms. The van der Waals surface area contributed by atoms with Crippen molar-refractivity contribution in [2.75, 3.05) is 34.5 Å². The largest absolute Gasteiger partial charge is 0.493 e. The van der Waals surface area contributed by atoms with Gasteiger partial charge in [-0.1, -0.05) is 6.92 Å². The smallest absolute Gasteiger partial charge is 0.290 e. The Morgan fingerprint density at radius 3 is 2.34 bits per heavy atom. The molecule has 4 atom stereocenters. The number of carbonyl (C=O) groups excluding carboxylic acids is 2. The van der Waals surface area contributed by atoms with Crippen LogP contribution >= 0.6 is 0 Å². The summed E-state index contributed by atoms with van der Waals surface area (Å²) >= 11 is 0. The van der Waals surface area contributed by atoms with Crippen molar-refractivity contribution in [3.63, 3.8) is 0 Å². The van der Waals surface area contributed by atoms with Gasteiger partial charge < -0.3 is 28.6 Å². The minimum atomic E-state index is -0.587. The lowest BCUT2D eigenvalue weighted by Gasteiger charge is -2.37. The molecule has 1 aromatic carbocycles. The van der Waals surface area contributed by atoms with Gasteiger partial charge in [-0.2, -0.15) is 0 Å². The zero-order chi connectivity index (χ0) is 25.3. The zero-order valence-corrected chi connectivity index (χ0v) is 21.6. The van der Waals surface area contributed by atoms with Gasteiger partial charge in [0, 0.05) is 13.2 Å². The molecule has 4 unspecified atom stereocenters. The van der Waals surface area contributed by atoms with Gasteiger partial charge in [-0.25, -0.2) is 0 Å². The number of ketones is 1. The first-order valence-electron chi connectivity index (χ1n) is 12.5. The summed E-state index contributed by atoms with van der Waals surface area (Å²) in [6, 6.07) is 3.04. The predicted octanol–water partition coefficient (Wildman–Crippen LogP) is 4.07. The lowest BCUT2D eigenvalue weighted by Crippen LogP contribution is -2.41. The maximum atomic E-state index is 13.9. The first-order chi connectivity index (χ1) is 16.8. The van der Waals surface area contributed by atoms with Crippen molar-refractivity contribution in [1.29, 1.82) is 0 Å². The maximum Gasteiger partial charge on any atom is 0.290 e. The summed E-state index contributed by atoms with van der Waals surface area (Å²) in [6.07, 6.45) is 3.08. The number of nitrogens with zero attached hydrogens (tertiary/aromatic N) is 1. The molecular weight excluding hydrogens is 450 g/mol. The number of rotatable bonds is 9. The third-order valence-electron chi connectivity index (χ3n) is 7.20. The highest BCUT2D eigenvalue weighted by Crippen LogP contribution is 2.50. The number of amides is 1. The van der Waals surface area contributed by atoms with Gasteiger partial charge in [0.1, 0.15) is 6.10 Å². The van der Waals surface area contributed by atoms with E-state index in [1.807, 2.05) is 26.0 Å². The summed E-state index contributed by atoms with van der Waals surface area (Å²) in [5.41, 5.74) is 1.17. The van der Waals surface area contributed by atoms with Crippen molar-refractivity contribution < 1.29 is 33.3 Å². The Bertz CT molecular complexity index is 976. The fraction of sp³-hybridized carbons (Fsp3) is 0.630. The topological polar surface area (TPSA) is 83.5 Å². The van der Waals surface area contributed by atoms with Crippen molar-refractivity contribution in [2.45, 2.75) is 64.7 Å². The second-order valence-corrected chi connectivity index (χ2v) is 9.92. The number of hydrogen-bond donors (Lipinski definition) is 0. The molecule has 35 heavy (non-hydrogen) atoms. The summed E-state index contributed by atoms with van der Waals surface area (Å²) in [7, 11) is 4.65. The highest BCUT2D eigenvalue weighted by atomic mass is 16.5. The molecule has 8 heteroatoms. The number of benzene rings is 1. The van der Waals surface area contributed by atoms with Crippen LogP contribution in [-0.2, 0) is 19.1 Å². The minimum absolute atomic E-state index is 0.0239. The third kappa shape index (κ3) is 4.73. The minimum Gasteiger partial charge on any atom is -0.493 e. The molecule has 4 rings (SSSR count). The number of Topliss-reactive ketones (excluding diaryl/α,β-unsaturated/α-hetero) is 1. The molecule has 0 N–H and O–H groups in total. The van der Waals surface area contributed by atoms with Gasteiger partial charge in [-0.05, 0) is 63.1 Å². The Hall–Kier alpha value is -2.74. The van der Waals surface area contributed by atoms with E-state index in [1.165, 1.54) is 0 Å². The number of methoxy groups -OCH3 is 3. The molecule has 1 aliphatic carbocycles. The van der Waals surface area contributed by atoms with Crippen LogP contribution in [0, 0.1) is 11.8 Å². The van der Waals surface area contributed by atoms with E-state index in [0.29, 0.717) is 48.3 Å². The van der Waals surface area contributed by atoms with Gasteiger partial charge in [-0.3, -0.25) is 9.59 Å². The fourth-order valence-electron chi connectivity index (χ4n) is 5.51.